The number of aromatic nitrogens is 2. The maximum atomic E-state index is 10.1. The minimum absolute atomic E-state index is 0.569. The van der Waals surface area contributed by atoms with Crippen molar-refractivity contribution in [3.05, 3.63) is 48.3 Å². The van der Waals surface area contributed by atoms with Gasteiger partial charge < -0.3 is 0 Å². The monoisotopic (exact) mass is 196 g/mol. The smallest absolute Gasteiger partial charge is 0.193 e. The van der Waals surface area contributed by atoms with Gasteiger partial charge in [0.2, 0.25) is 0 Å². The number of hydrogen-bond acceptors (Lipinski definition) is 2. The van der Waals surface area contributed by atoms with Crippen LogP contribution in [0.5, 0.6) is 0 Å². The standard InChI is InChI=1S/C12H8N2O/c15-8-4-5-11-9-13-14(10-11)12-6-2-1-3-7-12/h1-3,6-10H. The van der Waals surface area contributed by atoms with Crippen LogP contribution in [0.2, 0.25) is 0 Å². The van der Waals surface area contributed by atoms with Crippen molar-refractivity contribution in [2.45, 2.75) is 0 Å². The van der Waals surface area contributed by atoms with Crippen LogP contribution >= 0.6 is 0 Å². The third-order valence-electron chi connectivity index (χ3n) is 1.88. The number of carbonyl (C=O) groups is 1. The van der Waals surface area contributed by atoms with Crippen LogP contribution in [-0.2, 0) is 4.79 Å². The third-order valence-corrected chi connectivity index (χ3v) is 1.88. The summed E-state index contributed by atoms with van der Waals surface area (Å²) in [5, 5.41) is 4.14. The molecule has 0 fully saturated rings. The van der Waals surface area contributed by atoms with Gasteiger partial charge in [-0.3, -0.25) is 4.79 Å². The summed E-state index contributed by atoms with van der Waals surface area (Å²) >= 11 is 0. The Hall–Kier alpha value is -2.34. The minimum Gasteiger partial charge on any atom is -0.289 e. The molecule has 15 heavy (non-hydrogen) atoms. The molecule has 0 atom stereocenters. The van der Waals surface area contributed by atoms with Crippen LogP contribution in [0, 0.1) is 11.8 Å². The summed E-state index contributed by atoms with van der Waals surface area (Å²) in [5.41, 5.74) is 1.70. The number of nitrogens with zero attached hydrogens (tertiary/aromatic N) is 2. The topological polar surface area (TPSA) is 34.9 Å². The molecule has 0 spiro atoms. The fourth-order valence-electron chi connectivity index (χ4n) is 1.22. The van der Waals surface area contributed by atoms with Gasteiger partial charge in [-0.05, 0) is 18.1 Å². The zero-order valence-electron chi connectivity index (χ0n) is 7.92. The van der Waals surface area contributed by atoms with Crippen LogP contribution in [0.3, 0.4) is 0 Å². The Morgan fingerprint density at radius 2 is 2.07 bits per heavy atom. The summed E-state index contributed by atoms with van der Waals surface area (Å²) in [5.74, 6) is 5.03. The Kier molecular flexibility index (Phi) is 2.61. The number of rotatable bonds is 1. The van der Waals surface area contributed by atoms with E-state index >= 15 is 0 Å². The predicted octanol–water partition coefficient (Wildman–Crippen LogP) is 1.42. The molecule has 1 heterocycles. The van der Waals surface area contributed by atoms with Crippen molar-refractivity contribution in [2.24, 2.45) is 0 Å². The highest BCUT2D eigenvalue weighted by atomic mass is 16.1. The van der Waals surface area contributed by atoms with Gasteiger partial charge in [0.25, 0.3) is 0 Å². The summed E-state index contributed by atoms with van der Waals surface area (Å²) in [6, 6.07) is 9.72. The second-order valence-corrected chi connectivity index (χ2v) is 2.90. The van der Waals surface area contributed by atoms with Crippen LogP contribution in [0.25, 0.3) is 5.69 Å². The lowest BCUT2D eigenvalue weighted by Crippen LogP contribution is -1.92. The normalized spacial score (nSPS) is 9.07. The van der Waals surface area contributed by atoms with Gasteiger partial charge in [-0.25, -0.2) is 4.68 Å². The molecule has 72 valence electrons. The second kappa shape index (κ2) is 4.25. The molecule has 0 radical (unpaired) electrons. The molecule has 0 bridgehead atoms. The van der Waals surface area contributed by atoms with Crippen LogP contribution in [0.1, 0.15) is 5.56 Å². The van der Waals surface area contributed by atoms with Crippen LogP contribution in [0.4, 0.5) is 0 Å². The molecule has 3 nitrogen and oxygen atoms in total. The molecule has 0 saturated heterocycles. The van der Waals surface area contributed by atoms with Crippen molar-refractivity contribution in [2.75, 3.05) is 0 Å². The van der Waals surface area contributed by atoms with Gasteiger partial charge in [0, 0.05) is 6.20 Å². The molecule has 2 rings (SSSR count). The van der Waals surface area contributed by atoms with Crippen molar-refractivity contribution in [3.8, 4) is 17.5 Å². The van der Waals surface area contributed by atoms with Gasteiger partial charge in [0.05, 0.1) is 17.4 Å². The van der Waals surface area contributed by atoms with E-state index in [4.69, 9.17) is 0 Å². The molecule has 2 aromatic rings. The Morgan fingerprint density at radius 3 is 2.80 bits per heavy atom. The molecule has 0 amide bonds. The first kappa shape index (κ1) is 9.22. The van der Waals surface area contributed by atoms with Gasteiger partial charge in [-0.15, -0.1) is 0 Å². The maximum Gasteiger partial charge on any atom is 0.193 e. The van der Waals surface area contributed by atoms with Crippen molar-refractivity contribution >= 4 is 6.29 Å². The van der Waals surface area contributed by atoms with E-state index in [0.717, 1.165) is 11.3 Å². The molecule has 0 aliphatic rings. The molecule has 3 heteroatoms. The van der Waals surface area contributed by atoms with E-state index in [9.17, 15) is 4.79 Å². The molecule has 0 aliphatic heterocycles. The van der Waals surface area contributed by atoms with Gasteiger partial charge in [-0.2, -0.15) is 5.10 Å². The van der Waals surface area contributed by atoms with Crippen molar-refractivity contribution < 1.29 is 4.79 Å². The van der Waals surface area contributed by atoms with E-state index in [2.05, 4.69) is 16.9 Å². The zero-order valence-corrected chi connectivity index (χ0v) is 7.92. The third kappa shape index (κ3) is 2.12. The van der Waals surface area contributed by atoms with E-state index in [1.54, 1.807) is 17.1 Å². The quantitative estimate of drug-likeness (QED) is 0.510. The summed E-state index contributed by atoms with van der Waals surface area (Å²) in [7, 11) is 0. The summed E-state index contributed by atoms with van der Waals surface area (Å²) in [6.07, 6.45) is 3.98. The molecule has 0 unspecified atom stereocenters. The van der Waals surface area contributed by atoms with E-state index in [1.807, 2.05) is 30.3 Å². The van der Waals surface area contributed by atoms with Gasteiger partial charge >= 0.3 is 0 Å². The number of para-hydroxylation sites is 1. The molecule has 1 aromatic carbocycles. The molecular formula is C12H8N2O. The average Bonchev–Trinajstić information content (AvgIpc) is 2.76. The number of benzene rings is 1. The van der Waals surface area contributed by atoms with Crippen LogP contribution in [0.15, 0.2) is 42.7 Å². The minimum atomic E-state index is 0.569. The number of aldehydes is 1. The summed E-state index contributed by atoms with van der Waals surface area (Å²) < 4.78 is 1.72. The Bertz CT molecular complexity index is 517. The highest BCUT2D eigenvalue weighted by Gasteiger charge is 1.96. The van der Waals surface area contributed by atoms with E-state index in [1.165, 1.54) is 0 Å². The maximum absolute atomic E-state index is 10.1. The highest BCUT2D eigenvalue weighted by Crippen LogP contribution is 2.06. The van der Waals surface area contributed by atoms with Gasteiger partial charge in [0.1, 0.15) is 0 Å². The Labute approximate surface area is 87.4 Å². The number of hydrogen-bond donors (Lipinski definition) is 0. The first-order chi connectivity index (χ1) is 7.40. The Morgan fingerprint density at radius 1 is 1.27 bits per heavy atom. The second-order valence-electron chi connectivity index (χ2n) is 2.90. The predicted molar refractivity (Wildman–Crippen MR) is 56.5 cm³/mol. The lowest BCUT2D eigenvalue weighted by Gasteiger charge is -1.97. The Balaban J connectivity index is 2.32. The van der Waals surface area contributed by atoms with Crippen molar-refractivity contribution in [1.29, 1.82) is 0 Å². The zero-order chi connectivity index (χ0) is 10.5. The summed E-state index contributed by atoms with van der Waals surface area (Å²) in [4.78, 5) is 10.1. The fourth-order valence-corrected chi connectivity index (χ4v) is 1.22. The number of carbonyl (C=O) groups excluding carboxylic acids is 1. The van der Waals surface area contributed by atoms with Gasteiger partial charge in [-0.1, -0.05) is 24.1 Å². The van der Waals surface area contributed by atoms with Crippen LogP contribution < -0.4 is 0 Å². The van der Waals surface area contributed by atoms with E-state index < -0.39 is 0 Å². The SMILES string of the molecule is O=CC#Cc1cnn(-c2ccccc2)c1. The molecule has 1 aromatic heterocycles. The largest absolute Gasteiger partial charge is 0.289 e. The lowest BCUT2D eigenvalue weighted by molar-refractivity contribution is -0.103. The van der Waals surface area contributed by atoms with Crippen molar-refractivity contribution in [3.63, 3.8) is 0 Å². The average molecular weight is 196 g/mol. The first-order valence-corrected chi connectivity index (χ1v) is 4.45. The summed E-state index contributed by atoms with van der Waals surface area (Å²) in [6.45, 7) is 0. The highest BCUT2D eigenvalue weighted by molar-refractivity contribution is 5.73. The van der Waals surface area contributed by atoms with Crippen LogP contribution in [-0.4, -0.2) is 16.1 Å². The van der Waals surface area contributed by atoms with Gasteiger partial charge in [0.15, 0.2) is 6.29 Å². The molecule has 0 aliphatic carbocycles. The van der Waals surface area contributed by atoms with E-state index in [-0.39, 0.29) is 0 Å². The van der Waals surface area contributed by atoms with E-state index in [0.29, 0.717) is 6.29 Å². The fraction of sp³-hybridized carbons (Fsp3) is 0. The van der Waals surface area contributed by atoms with Crippen molar-refractivity contribution in [1.82, 2.24) is 9.78 Å². The lowest BCUT2D eigenvalue weighted by atomic mass is 10.3. The molecular weight excluding hydrogens is 188 g/mol. The first-order valence-electron chi connectivity index (χ1n) is 4.45. The molecule has 0 N–H and O–H groups in total. The molecule has 0 saturated carbocycles.